The van der Waals surface area contributed by atoms with E-state index in [9.17, 15) is 18.4 Å². The predicted octanol–water partition coefficient (Wildman–Crippen LogP) is 3.40. The van der Waals surface area contributed by atoms with E-state index in [1.54, 1.807) is 0 Å². The van der Waals surface area contributed by atoms with E-state index in [0.29, 0.717) is 6.42 Å². The predicted molar refractivity (Wildman–Crippen MR) is 88.8 cm³/mol. The summed E-state index contributed by atoms with van der Waals surface area (Å²) in [4.78, 5) is 24.7. The molecule has 2 aromatic rings. The lowest BCUT2D eigenvalue weighted by molar-refractivity contribution is -0.138. The van der Waals surface area contributed by atoms with Crippen LogP contribution in [-0.2, 0) is 22.6 Å². The number of hydrogen-bond acceptors (Lipinski definition) is 2. The van der Waals surface area contributed by atoms with Crippen LogP contribution in [0.15, 0.2) is 48.5 Å². The average Bonchev–Trinajstić information content (AvgIpc) is 2.58. The van der Waals surface area contributed by atoms with Crippen molar-refractivity contribution in [3.05, 3.63) is 71.3 Å². The summed E-state index contributed by atoms with van der Waals surface area (Å²) < 4.78 is 27.1. The van der Waals surface area contributed by atoms with Gasteiger partial charge in [-0.3, -0.25) is 9.59 Å². The zero-order valence-corrected chi connectivity index (χ0v) is 13.6. The Morgan fingerprint density at radius 3 is 2.40 bits per heavy atom. The maximum Gasteiger partial charge on any atom is 0.303 e. The first kappa shape index (κ1) is 18.6. The van der Waals surface area contributed by atoms with Crippen LogP contribution in [0.4, 0.5) is 8.78 Å². The Morgan fingerprint density at radius 1 is 1.00 bits per heavy atom. The highest BCUT2D eigenvalue weighted by Crippen LogP contribution is 2.14. The molecule has 0 spiro atoms. The smallest absolute Gasteiger partial charge is 0.303 e. The second kappa shape index (κ2) is 8.92. The number of aliphatic carboxylic acids is 1. The Hall–Kier alpha value is -2.76. The molecule has 132 valence electrons. The molecule has 1 amide bonds. The van der Waals surface area contributed by atoms with Gasteiger partial charge < -0.3 is 10.0 Å². The van der Waals surface area contributed by atoms with E-state index in [-0.39, 0.29) is 37.4 Å². The number of rotatable bonds is 8. The van der Waals surface area contributed by atoms with Gasteiger partial charge in [-0.15, -0.1) is 0 Å². The maximum absolute atomic E-state index is 13.8. The second-order valence-corrected chi connectivity index (χ2v) is 5.69. The van der Waals surface area contributed by atoms with Gasteiger partial charge in [-0.05, 0) is 18.1 Å². The highest BCUT2D eigenvalue weighted by Gasteiger charge is 2.18. The molecule has 0 saturated heterocycles. The van der Waals surface area contributed by atoms with Gasteiger partial charge in [0.1, 0.15) is 0 Å². The number of hydrogen-bond donors (Lipinski definition) is 1. The van der Waals surface area contributed by atoms with Crippen molar-refractivity contribution in [2.45, 2.75) is 25.8 Å². The van der Waals surface area contributed by atoms with E-state index < -0.39 is 17.6 Å². The fourth-order valence-electron chi connectivity index (χ4n) is 2.48. The average molecular weight is 347 g/mol. The summed E-state index contributed by atoms with van der Waals surface area (Å²) in [5.41, 5.74) is 0.868. The van der Waals surface area contributed by atoms with Crippen LogP contribution in [0.25, 0.3) is 0 Å². The number of benzene rings is 2. The van der Waals surface area contributed by atoms with Crippen LogP contribution in [-0.4, -0.2) is 28.4 Å². The highest BCUT2D eigenvalue weighted by atomic mass is 19.2. The summed E-state index contributed by atoms with van der Waals surface area (Å²) in [6, 6.07) is 12.9. The molecule has 0 radical (unpaired) electrons. The van der Waals surface area contributed by atoms with E-state index in [1.165, 1.54) is 17.0 Å². The fraction of sp³-hybridized carbons (Fsp3) is 0.263. The minimum Gasteiger partial charge on any atom is -0.481 e. The lowest BCUT2D eigenvalue weighted by atomic mass is 10.1. The summed E-state index contributed by atoms with van der Waals surface area (Å²) in [6.07, 6.45) is -0.0457. The third kappa shape index (κ3) is 5.67. The first-order valence-electron chi connectivity index (χ1n) is 7.93. The van der Waals surface area contributed by atoms with Crippen molar-refractivity contribution in [2.75, 3.05) is 6.54 Å². The Bertz CT molecular complexity index is 735. The standard InChI is InChI=1S/C19H19F2NO3/c20-16-9-4-8-15(19(16)21)12-17(23)22(11-5-10-18(24)25)13-14-6-2-1-3-7-14/h1-4,6-9H,5,10-13H2,(H,24,25). The van der Waals surface area contributed by atoms with E-state index in [4.69, 9.17) is 5.11 Å². The molecule has 0 aliphatic carbocycles. The van der Waals surface area contributed by atoms with Crippen LogP contribution < -0.4 is 0 Å². The lowest BCUT2D eigenvalue weighted by Gasteiger charge is -2.23. The van der Waals surface area contributed by atoms with E-state index in [0.717, 1.165) is 11.6 Å². The van der Waals surface area contributed by atoms with Crippen molar-refractivity contribution in [2.24, 2.45) is 0 Å². The lowest BCUT2D eigenvalue weighted by Crippen LogP contribution is -2.33. The van der Waals surface area contributed by atoms with Gasteiger partial charge >= 0.3 is 5.97 Å². The molecule has 25 heavy (non-hydrogen) atoms. The van der Waals surface area contributed by atoms with Gasteiger partial charge in [0.25, 0.3) is 0 Å². The van der Waals surface area contributed by atoms with Gasteiger partial charge in [-0.25, -0.2) is 8.78 Å². The molecule has 0 aromatic heterocycles. The molecule has 0 aliphatic heterocycles. The van der Waals surface area contributed by atoms with Crippen LogP contribution >= 0.6 is 0 Å². The minimum absolute atomic E-state index is 0.0127. The molecule has 0 unspecified atom stereocenters. The topological polar surface area (TPSA) is 57.6 Å². The SMILES string of the molecule is O=C(O)CCCN(Cc1ccccc1)C(=O)Cc1cccc(F)c1F. The summed E-state index contributed by atoms with van der Waals surface area (Å²) in [5, 5.41) is 8.76. The number of carbonyl (C=O) groups is 2. The maximum atomic E-state index is 13.8. The third-order valence-corrected chi connectivity index (χ3v) is 3.76. The molecule has 2 aromatic carbocycles. The molecule has 1 N–H and O–H groups in total. The summed E-state index contributed by atoms with van der Waals surface area (Å²) in [5.74, 6) is -3.34. The van der Waals surface area contributed by atoms with Gasteiger partial charge in [0.2, 0.25) is 5.91 Å². The normalized spacial score (nSPS) is 10.5. The molecule has 0 aliphatic rings. The van der Waals surface area contributed by atoms with Crippen LogP contribution in [0, 0.1) is 11.6 Å². The molecular formula is C19H19F2NO3. The fourth-order valence-corrected chi connectivity index (χ4v) is 2.48. The molecule has 6 heteroatoms. The molecule has 0 atom stereocenters. The first-order valence-corrected chi connectivity index (χ1v) is 7.93. The van der Waals surface area contributed by atoms with Crippen molar-refractivity contribution in [3.8, 4) is 0 Å². The van der Waals surface area contributed by atoms with E-state index >= 15 is 0 Å². The molecular weight excluding hydrogens is 328 g/mol. The van der Waals surface area contributed by atoms with Gasteiger partial charge in [0.15, 0.2) is 11.6 Å². The van der Waals surface area contributed by atoms with Crippen molar-refractivity contribution in [1.29, 1.82) is 0 Å². The third-order valence-electron chi connectivity index (χ3n) is 3.76. The van der Waals surface area contributed by atoms with Gasteiger partial charge in [-0.2, -0.15) is 0 Å². The van der Waals surface area contributed by atoms with Crippen LogP contribution in [0.5, 0.6) is 0 Å². The molecule has 0 heterocycles. The highest BCUT2D eigenvalue weighted by molar-refractivity contribution is 5.79. The number of carboxylic acids is 1. The zero-order chi connectivity index (χ0) is 18.2. The first-order chi connectivity index (χ1) is 12.0. The van der Waals surface area contributed by atoms with Gasteiger partial charge in [0, 0.05) is 25.1 Å². The number of amides is 1. The molecule has 0 saturated carbocycles. The van der Waals surface area contributed by atoms with Crippen molar-refractivity contribution in [1.82, 2.24) is 4.90 Å². The Labute approximate surface area is 144 Å². The Balaban J connectivity index is 2.10. The van der Waals surface area contributed by atoms with Crippen molar-refractivity contribution < 1.29 is 23.5 Å². The number of carboxylic acid groups (broad SMARTS) is 1. The van der Waals surface area contributed by atoms with Crippen molar-refractivity contribution in [3.63, 3.8) is 0 Å². The number of carbonyl (C=O) groups excluding carboxylic acids is 1. The quantitative estimate of drug-likeness (QED) is 0.796. The van der Waals surface area contributed by atoms with Crippen LogP contribution in [0.2, 0.25) is 0 Å². The molecule has 0 bridgehead atoms. The molecule has 0 fully saturated rings. The molecule has 2 rings (SSSR count). The minimum atomic E-state index is -1.03. The second-order valence-electron chi connectivity index (χ2n) is 5.69. The Morgan fingerprint density at radius 2 is 1.72 bits per heavy atom. The largest absolute Gasteiger partial charge is 0.481 e. The van der Waals surface area contributed by atoms with Crippen molar-refractivity contribution >= 4 is 11.9 Å². The zero-order valence-electron chi connectivity index (χ0n) is 13.6. The van der Waals surface area contributed by atoms with Crippen LogP contribution in [0.3, 0.4) is 0 Å². The summed E-state index contributed by atoms with van der Waals surface area (Å²) in [7, 11) is 0. The summed E-state index contributed by atoms with van der Waals surface area (Å²) >= 11 is 0. The Kier molecular flexibility index (Phi) is 6.62. The monoisotopic (exact) mass is 347 g/mol. The van der Waals surface area contributed by atoms with Gasteiger partial charge in [-0.1, -0.05) is 42.5 Å². The molecule has 4 nitrogen and oxygen atoms in total. The number of halogens is 2. The van der Waals surface area contributed by atoms with E-state index in [2.05, 4.69) is 0 Å². The van der Waals surface area contributed by atoms with E-state index in [1.807, 2.05) is 30.3 Å². The van der Waals surface area contributed by atoms with Crippen LogP contribution in [0.1, 0.15) is 24.0 Å². The van der Waals surface area contributed by atoms with Gasteiger partial charge in [0.05, 0.1) is 6.42 Å². The summed E-state index contributed by atoms with van der Waals surface area (Å²) in [6.45, 7) is 0.521. The number of nitrogens with zero attached hydrogens (tertiary/aromatic N) is 1.